The molecule has 0 unspecified atom stereocenters. The Balaban J connectivity index is 1.61. The van der Waals surface area contributed by atoms with Crippen LogP contribution in [-0.4, -0.2) is 46.2 Å². The fourth-order valence-corrected chi connectivity index (χ4v) is 2.42. The summed E-state index contributed by atoms with van der Waals surface area (Å²) in [6, 6.07) is 3.55. The van der Waals surface area contributed by atoms with Crippen molar-refractivity contribution in [1.29, 1.82) is 0 Å². The lowest BCUT2D eigenvalue weighted by molar-refractivity contribution is 0.0766. The molecule has 2 aliphatic rings. The zero-order valence-corrected chi connectivity index (χ0v) is 12.3. The second kappa shape index (κ2) is 6.23. The van der Waals surface area contributed by atoms with E-state index in [2.05, 4.69) is 10.3 Å². The molecular formula is C15H16FN3O4. The minimum absolute atomic E-state index is 0.00319. The van der Waals surface area contributed by atoms with E-state index >= 15 is 0 Å². The van der Waals surface area contributed by atoms with Gasteiger partial charge in [0.2, 0.25) is 5.88 Å². The molecule has 3 rings (SSSR count). The van der Waals surface area contributed by atoms with E-state index in [1.807, 2.05) is 4.90 Å². The molecule has 1 fully saturated rings. The molecule has 1 saturated carbocycles. The highest BCUT2D eigenvalue weighted by atomic mass is 19.1. The Kier molecular flexibility index (Phi) is 4.14. The maximum atomic E-state index is 12.7. The van der Waals surface area contributed by atoms with Crippen molar-refractivity contribution in [2.24, 2.45) is 0 Å². The number of amides is 2. The Morgan fingerprint density at radius 3 is 2.96 bits per heavy atom. The van der Waals surface area contributed by atoms with Crippen molar-refractivity contribution in [3.63, 3.8) is 0 Å². The molecule has 2 heterocycles. The van der Waals surface area contributed by atoms with E-state index < -0.39 is 6.09 Å². The number of ether oxygens (including phenoxy) is 1. The number of hydrogen-bond acceptors (Lipinski definition) is 4. The SMILES string of the molecule is O=C(O)NCC(=CF)COc1ccc2c(n1)CN(C1CC1)C2=O. The van der Waals surface area contributed by atoms with Crippen LogP contribution in [0, 0.1) is 0 Å². The molecule has 0 bridgehead atoms. The van der Waals surface area contributed by atoms with Crippen molar-refractivity contribution >= 4 is 12.0 Å². The second-order valence-corrected chi connectivity index (χ2v) is 5.52. The molecule has 2 amide bonds. The number of carboxylic acid groups (broad SMARTS) is 1. The van der Waals surface area contributed by atoms with Gasteiger partial charge in [-0.1, -0.05) is 0 Å². The Bertz CT molecular complexity index is 673. The number of rotatable bonds is 6. The first kappa shape index (κ1) is 15.3. The Labute approximate surface area is 131 Å². The quantitative estimate of drug-likeness (QED) is 0.832. The summed E-state index contributed by atoms with van der Waals surface area (Å²) in [5.41, 5.74) is 1.39. The standard InChI is InChI=1S/C15H16FN3O4/c16-5-9(6-17-15(21)22)8-23-13-4-3-11-12(18-13)7-19(14(11)20)10-1-2-10/h3-5,10,17H,1-2,6-8H2,(H,21,22). The maximum Gasteiger partial charge on any atom is 0.404 e. The summed E-state index contributed by atoms with van der Waals surface area (Å²) in [5, 5.41) is 10.6. The summed E-state index contributed by atoms with van der Waals surface area (Å²) in [6.07, 6.45) is 1.13. The van der Waals surface area contributed by atoms with Crippen LogP contribution in [0.15, 0.2) is 24.0 Å². The normalized spacial score (nSPS) is 17.2. The van der Waals surface area contributed by atoms with Crippen LogP contribution < -0.4 is 10.1 Å². The van der Waals surface area contributed by atoms with Gasteiger partial charge in [0.1, 0.15) is 6.61 Å². The molecule has 0 aromatic carbocycles. The minimum atomic E-state index is -1.24. The fourth-order valence-electron chi connectivity index (χ4n) is 2.42. The summed E-state index contributed by atoms with van der Waals surface area (Å²) in [4.78, 5) is 28.7. The number of pyridine rings is 1. The number of carbonyl (C=O) groups excluding carboxylic acids is 1. The van der Waals surface area contributed by atoms with Gasteiger partial charge in [0.25, 0.3) is 5.91 Å². The van der Waals surface area contributed by atoms with Gasteiger partial charge >= 0.3 is 6.09 Å². The molecular weight excluding hydrogens is 305 g/mol. The van der Waals surface area contributed by atoms with Gasteiger partial charge in [-0.2, -0.15) is 0 Å². The van der Waals surface area contributed by atoms with Gasteiger partial charge in [0, 0.05) is 24.2 Å². The van der Waals surface area contributed by atoms with Crippen LogP contribution in [0.3, 0.4) is 0 Å². The number of hydrogen-bond donors (Lipinski definition) is 2. The van der Waals surface area contributed by atoms with Crippen molar-refractivity contribution in [3.8, 4) is 5.88 Å². The van der Waals surface area contributed by atoms with Gasteiger partial charge in [-0.15, -0.1) is 0 Å². The zero-order chi connectivity index (χ0) is 16.4. The molecule has 1 aromatic heterocycles. The van der Waals surface area contributed by atoms with E-state index in [0.717, 1.165) is 12.8 Å². The average molecular weight is 321 g/mol. The number of carbonyl (C=O) groups is 2. The molecule has 0 saturated heterocycles. The van der Waals surface area contributed by atoms with Crippen LogP contribution in [0.25, 0.3) is 0 Å². The predicted octanol–water partition coefficient (Wildman–Crippen LogP) is 1.70. The van der Waals surface area contributed by atoms with Crippen LogP contribution >= 0.6 is 0 Å². The molecule has 0 radical (unpaired) electrons. The van der Waals surface area contributed by atoms with Crippen LogP contribution in [0.5, 0.6) is 5.88 Å². The first-order valence-corrected chi connectivity index (χ1v) is 7.27. The molecule has 23 heavy (non-hydrogen) atoms. The smallest absolute Gasteiger partial charge is 0.404 e. The minimum Gasteiger partial charge on any atom is -0.473 e. The summed E-state index contributed by atoms with van der Waals surface area (Å²) in [5.74, 6) is 0.278. The van der Waals surface area contributed by atoms with Gasteiger partial charge in [-0.25, -0.2) is 14.2 Å². The number of halogens is 1. The lowest BCUT2D eigenvalue weighted by Gasteiger charge is -2.12. The Morgan fingerprint density at radius 2 is 2.30 bits per heavy atom. The largest absolute Gasteiger partial charge is 0.473 e. The lowest BCUT2D eigenvalue weighted by atomic mass is 10.2. The van der Waals surface area contributed by atoms with Crippen LogP contribution in [0.2, 0.25) is 0 Å². The third kappa shape index (κ3) is 3.41. The van der Waals surface area contributed by atoms with Gasteiger partial charge in [-0.05, 0) is 18.9 Å². The number of aromatic nitrogens is 1. The number of fused-ring (bicyclic) bond motifs is 1. The van der Waals surface area contributed by atoms with E-state index in [1.165, 1.54) is 0 Å². The number of nitrogens with zero attached hydrogens (tertiary/aromatic N) is 2. The molecule has 8 heteroatoms. The van der Waals surface area contributed by atoms with Crippen molar-refractivity contribution in [2.45, 2.75) is 25.4 Å². The molecule has 1 aliphatic carbocycles. The molecule has 1 aromatic rings. The van der Waals surface area contributed by atoms with Crippen molar-refractivity contribution in [2.75, 3.05) is 13.2 Å². The average Bonchev–Trinajstić information content (AvgIpc) is 3.32. The lowest BCUT2D eigenvalue weighted by Crippen LogP contribution is -2.25. The van der Waals surface area contributed by atoms with Crippen molar-refractivity contribution < 1.29 is 23.8 Å². The monoisotopic (exact) mass is 321 g/mol. The second-order valence-electron chi connectivity index (χ2n) is 5.52. The van der Waals surface area contributed by atoms with Crippen LogP contribution in [0.1, 0.15) is 28.9 Å². The first-order valence-electron chi connectivity index (χ1n) is 7.27. The third-order valence-corrected chi connectivity index (χ3v) is 3.77. The van der Waals surface area contributed by atoms with Crippen molar-refractivity contribution in [1.82, 2.24) is 15.2 Å². The number of nitrogens with one attached hydrogen (secondary N) is 1. The molecule has 0 spiro atoms. The molecule has 2 N–H and O–H groups in total. The predicted molar refractivity (Wildman–Crippen MR) is 77.8 cm³/mol. The summed E-state index contributed by atoms with van der Waals surface area (Å²) < 4.78 is 18.1. The topological polar surface area (TPSA) is 91.8 Å². The Morgan fingerprint density at radius 1 is 1.52 bits per heavy atom. The highest BCUT2D eigenvalue weighted by molar-refractivity contribution is 5.98. The first-order chi connectivity index (χ1) is 11.1. The van der Waals surface area contributed by atoms with Crippen molar-refractivity contribution in [3.05, 3.63) is 35.3 Å². The molecule has 1 aliphatic heterocycles. The summed E-state index contributed by atoms with van der Waals surface area (Å²) in [7, 11) is 0. The molecule has 0 atom stereocenters. The fraction of sp³-hybridized carbons (Fsp3) is 0.400. The van der Waals surface area contributed by atoms with E-state index in [9.17, 15) is 14.0 Å². The summed E-state index contributed by atoms with van der Waals surface area (Å²) in [6.45, 7) is 0.190. The van der Waals surface area contributed by atoms with Gasteiger partial charge in [0.15, 0.2) is 0 Å². The van der Waals surface area contributed by atoms with Gasteiger partial charge in [0.05, 0.1) is 24.1 Å². The Hall–Kier alpha value is -2.64. The molecule has 122 valence electrons. The highest BCUT2D eigenvalue weighted by Crippen LogP contribution is 2.34. The third-order valence-electron chi connectivity index (χ3n) is 3.77. The van der Waals surface area contributed by atoms with E-state index in [-0.39, 0.29) is 30.5 Å². The van der Waals surface area contributed by atoms with E-state index in [4.69, 9.17) is 9.84 Å². The maximum absolute atomic E-state index is 12.7. The van der Waals surface area contributed by atoms with Gasteiger partial charge < -0.3 is 20.1 Å². The van der Waals surface area contributed by atoms with Crippen LogP contribution in [0.4, 0.5) is 9.18 Å². The van der Waals surface area contributed by atoms with E-state index in [0.29, 0.717) is 30.2 Å². The highest BCUT2D eigenvalue weighted by Gasteiger charge is 2.39. The zero-order valence-electron chi connectivity index (χ0n) is 12.3. The van der Waals surface area contributed by atoms with Crippen LogP contribution in [-0.2, 0) is 6.54 Å². The summed E-state index contributed by atoms with van der Waals surface area (Å²) >= 11 is 0. The molecule has 7 nitrogen and oxygen atoms in total. The van der Waals surface area contributed by atoms with Gasteiger partial charge in [-0.3, -0.25) is 4.79 Å². The van der Waals surface area contributed by atoms with E-state index in [1.54, 1.807) is 12.1 Å².